The van der Waals surface area contributed by atoms with Crippen LogP contribution in [0.15, 0.2) is 97.6 Å². The first-order chi connectivity index (χ1) is 30.0. The van der Waals surface area contributed by atoms with Crippen molar-refractivity contribution in [2.45, 2.75) is 81.3 Å². The molecule has 2 aliphatic carbocycles. The molecule has 334 valence electrons. The van der Waals surface area contributed by atoms with Crippen molar-refractivity contribution in [2.75, 3.05) is 34.0 Å². The van der Waals surface area contributed by atoms with Crippen LogP contribution < -0.4 is 24.8 Å². The number of hydrogen-bond acceptors (Lipinski definition) is 11. The van der Waals surface area contributed by atoms with E-state index in [1.807, 2.05) is 72.8 Å². The maximum Gasteiger partial charge on any atom is 0.407 e. The first kappa shape index (κ1) is 45.0. The molecule has 16 heteroatoms. The van der Waals surface area contributed by atoms with Crippen LogP contribution in [0.1, 0.15) is 52.0 Å². The summed E-state index contributed by atoms with van der Waals surface area (Å²) in [5, 5.41) is 6.22. The van der Waals surface area contributed by atoms with Crippen LogP contribution in [0.5, 0.6) is 11.5 Å². The molecule has 1 saturated heterocycles. The number of likely N-dealkylation sites (tertiary alicyclic amines) is 1. The summed E-state index contributed by atoms with van der Waals surface area (Å²) in [6.07, 6.45) is 0.989. The molecule has 2 saturated carbocycles. The molecule has 0 radical (unpaired) electrons. The van der Waals surface area contributed by atoms with E-state index in [0.29, 0.717) is 40.9 Å². The molecule has 5 atom stereocenters. The number of benzene rings is 3. The van der Waals surface area contributed by atoms with Crippen LogP contribution in [0.2, 0.25) is 0 Å². The van der Waals surface area contributed by atoms with Crippen LogP contribution in [0, 0.1) is 11.3 Å². The first-order valence-corrected chi connectivity index (χ1v) is 22.5. The molecular formula is C47H55N5O10S. The van der Waals surface area contributed by atoms with Gasteiger partial charge in [0.25, 0.3) is 5.91 Å². The van der Waals surface area contributed by atoms with Crippen LogP contribution in [-0.4, -0.2) is 105 Å². The van der Waals surface area contributed by atoms with Crippen molar-refractivity contribution in [2.24, 2.45) is 11.3 Å². The van der Waals surface area contributed by atoms with Crippen molar-refractivity contribution in [1.29, 1.82) is 0 Å². The van der Waals surface area contributed by atoms with Gasteiger partial charge in [0, 0.05) is 42.5 Å². The van der Waals surface area contributed by atoms with Crippen LogP contribution in [0.3, 0.4) is 0 Å². The Balaban J connectivity index is 1.19. The van der Waals surface area contributed by atoms with Gasteiger partial charge in [-0.2, -0.15) is 0 Å². The van der Waals surface area contributed by atoms with Crippen molar-refractivity contribution in [3.63, 3.8) is 0 Å². The average molecular weight is 882 g/mol. The molecule has 0 spiro atoms. The van der Waals surface area contributed by atoms with E-state index in [4.69, 9.17) is 23.9 Å². The highest BCUT2D eigenvalue weighted by molar-refractivity contribution is 7.91. The quantitative estimate of drug-likeness (QED) is 0.0918. The number of carbonyl (C=O) groups excluding carboxylic acids is 4. The highest BCUT2D eigenvalue weighted by Crippen LogP contribution is 2.49. The predicted molar refractivity (Wildman–Crippen MR) is 236 cm³/mol. The van der Waals surface area contributed by atoms with Crippen LogP contribution in [-0.2, 0) is 40.3 Å². The summed E-state index contributed by atoms with van der Waals surface area (Å²) in [5.74, 6) is -1.69. The van der Waals surface area contributed by atoms with E-state index in [9.17, 15) is 27.6 Å². The lowest BCUT2D eigenvalue weighted by atomic mass is 9.85. The Morgan fingerprint density at radius 2 is 1.67 bits per heavy atom. The van der Waals surface area contributed by atoms with Crippen LogP contribution >= 0.6 is 0 Å². The summed E-state index contributed by atoms with van der Waals surface area (Å²) in [6, 6.07) is 23.6. The number of amides is 4. The fourth-order valence-corrected chi connectivity index (χ4v) is 9.85. The number of nitrogens with zero attached hydrogens (tertiary/aromatic N) is 2. The molecule has 3 aliphatic rings. The molecule has 7 rings (SSSR count). The number of ether oxygens (including phenoxy) is 4. The third kappa shape index (κ3) is 9.66. The predicted octanol–water partition coefficient (Wildman–Crippen LogP) is 5.33. The fraction of sp³-hybridized carbons (Fsp3) is 0.426. The molecule has 3 fully saturated rings. The van der Waals surface area contributed by atoms with Gasteiger partial charge in [-0.1, -0.05) is 87.5 Å². The number of hydrogen-bond donors (Lipinski definition) is 3. The van der Waals surface area contributed by atoms with Gasteiger partial charge in [-0.3, -0.25) is 19.1 Å². The number of nitrogens with one attached hydrogen (secondary N) is 3. The summed E-state index contributed by atoms with van der Waals surface area (Å²) in [6.45, 7) is 9.19. The summed E-state index contributed by atoms with van der Waals surface area (Å²) in [5.41, 5.74) is 0.388. The highest BCUT2D eigenvalue weighted by Gasteiger charge is 2.63. The van der Waals surface area contributed by atoms with Gasteiger partial charge in [-0.25, -0.2) is 18.2 Å². The zero-order valence-electron chi connectivity index (χ0n) is 36.2. The normalized spacial score (nSPS) is 21.7. The molecular weight excluding hydrogens is 827 g/mol. The number of sulfonamides is 1. The van der Waals surface area contributed by atoms with Crippen LogP contribution in [0.4, 0.5) is 4.79 Å². The molecule has 4 aromatic rings. The standard InChI is InChI=1S/C47H55N5O10S/c1-7-32-28-47(32,43(55)51-63(57,58)46(20-21-46)27-30-14-10-8-11-15-30)50-41(53)38-25-34(29-52(38)42(54)40(45(2,3)4)49-44(56)61-23-22-59-5)62-39-26-36(31-16-12-9-13-17-31)48-37-24-33(60-6)18-19-35(37)39/h7-19,24,26,32,34,38,40H,1,20-23,25,27-29H2,2-6H3,(H,49,56)(H,50,53)(H,51,55). The Morgan fingerprint density at radius 3 is 2.29 bits per heavy atom. The third-order valence-electron chi connectivity index (χ3n) is 12.1. The second-order valence-corrected chi connectivity index (χ2v) is 19.7. The number of fused-ring (bicyclic) bond motifs is 1. The summed E-state index contributed by atoms with van der Waals surface area (Å²) in [7, 11) is -1.15. The Kier molecular flexibility index (Phi) is 12.9. The molecule has 1 aliphatic heterocycles. The Bertz CT molecular complexity index is 2470. The van der Waals surface area contributed by atoms with E-state index < -0.39 is 73.6 Å². The Hall–Kier alpha value is -6.00. The minimum absolute atomic E-state index is 0.0116. The van der Waals surface area contributed by atoms with Gasteiger partial charge in [0.15, 0.2) is 0 Å². The van der Waals surface area contributed by atoms with Crippen LogP contribution in [0.25, 0.3) is 22.2 Å². The van der Waals surface area contributed by atoms with E-state index >= 15 is 0 Å². The van der Waals surface area contributed by atoms with Gasteiger partial charge in [-0.15, -0.1) is 6.58 Å². The SMILES string of the molecule is C=CC1CC1(NC(=O)C1CC(Oc2cc(-c3ccccc3)nc3cc(OC)ccc23)CN1C(=O)C(NC(=O)OCCOC)C(C)(C)C)C(=O)NS(=O)(=O)C1(Cc2ccccc2)CC1. The highest BCUT2D eigenvalue weighted by atomic mass is 32.2. The molecule has 63 heavy (non-hydrogen) atoms. The number of pyridine rings is 1. The van der Waals surface area contributed by atoms with Gasteiger partial charge < -0.3 is 34.5 Å². The number of alkyl carbamates (subject to hydrolysis) is 1. The Labute approximate surface area is 367 Å². The van der Waals surface area contributed by atoms with Crippen molar-refractivity contribution in [3.05, 3.63) is 103 Å². The largest absolute Gasteiger partial charge is 0.497 e. The van der Waals surface area contributed by atoms with Gasteiger partial charge in [-0.05, 0) is 48.8 Å². The Morgan fingerprint density at radius 1 is 0.968 bits per heavy atom. The molecule has 3 aromatic carbocycles. The molecule has 3 N–H and O–H groups in total. The van der Waals surface area contributed by atoms with Gasteiger partial charge in [0.05, 0.1) is 36.2 Å². The lowest BCUT2D eigenvalue weighted by molar-refractivity contribution is -0.142. The number of rotatable bonds is 17. The monoisotopic (exact) mass is 881 g/mol. The zero-order chi connectivity index (χ0) is 45.2. The second-order valence-electron chi connectivity index (χ2n) is 17.6. The average Bonchev–Trinajstić information content (AvgIpc) is 4.17. The lowest BCUT2D eigenvalue weighted by Crippen LogP contribution is -2.60. The molecule has 15 nitrogen and oxygen atoms in total. The first-order valence-electron chi connectivity index (χ1n) is 21.0. The van der Waals surface area contributed by atoms with Gasteiger partial charge in [0.1, 0.15) is 41.8 Å². The third-order valence-corrected chi connectivity index (χ3v) is 14.3. The summed E-state index contributed by atoms with van der Waals surface area (Å²) in [4.78, 5) is 62.9. The fourth-order valence-electron chi connectivity index (χ4n) is 8.21. The van der Waals surface area contributed by atoms with Crippen molar-refractivity contribution in [1.82, 2.24) is 25.2 Å². The smallest absolute Gasteiger partial charge is 0.407 e. The topological polar surface area (TPSA) is 192 Å². The number of methoxy groups -OCH3 is 2. The summed E-state index contributed by atoms with van der Waals surface area (Å²) < 4.78 is 51.4. The van der Waals surface area contributed by atoms with Gasteiger partial charge >= 0.3 is 6.09 Å². The van der Waals surface area contributed by atoms with E-state index in [-0.39, 0.29) is 39.0 Å². The van der Waals surface area contributed by atoms with E-state index in [2.05, 4.69) is 21.9 Å². The maximum absolute atomic E-state index is 14.8. The molecule has 1 aromatic heterocycles. The molecule has 4 amide bonds. The molecule has 5 unspecified atom stereocenters. The maximum atomic E-state index is 14.8. The lowest BCUT2D eigenvalue weighted by Gasteiger charge is -2.35. The second kappa shape index (κ2) is 18.0. The number of aromatic nitrogens is 1. The summed E-state index contributed by atoms with van der Waals surface area (Å²) >= 11 is 0. The van der Waals surface area contributed by atoms with E-state index in [0.717, 1.165) is 11.1 Å². The number of carbonyl (C=O) groups is 4. The van der Waals surface area contributed by atoms with E-state index in [1.54, 1.807) is 40.0 Å². The minimum Gasteiger partial charge on any atom is -0.497 e. The molecule has 2 heterocycles. The van der Waals surface area contributed by atoms with Crippen molar-refractivity contribution < 1.29 is 46.5 Å². The van der Waals surface area contributed by atoms with E-state index in [1.165, 1.54) is 18.1 Å². The van der Waals surface area contributed by atoms with Crippen molar-refractivity contribution in [3.8, 4) is 22.8 Å². The van der Waals surface area contributed by atoms with Gasteiger partial charge in [0.2, 0.25) is 21.8 Å². The zero-order valence-corrected chi connectivity index (χ0v) is 37.0. The van der Waals surface area contributed by atoms with Crippen molar-refractivity contribution >= 4 is 44.7 Å². The minimum atomic E-state index is -4.18. The molecule has 0 bridgehead atoms.